The zero-order valence-electron chi connectivity index (χ0n) is 11.9. The van der Waals surface area contributed by atoms with Gasteiger partial charge in [0, 0.05) is 58.8 Å². The molecule has 0 radical (unpaired) electrons. The standard InChI is InChI=1S/C11H32N8/c12-2-1-11(14,15)19-10-9-18-8-7-17-6-5-16-4-3-13/h16-19H,1-10,12-15H2. The van der Waals surface area contributed by atoms with E-state index in [-0.39, 0.29) is 0 Å². The third kappa shape index (κ3) is 13.9. The van der Waals surface area contributed by atoms with Gasteiger partial charge >= 0.3 is 0 Å². The molecule has 0 aromatic rings. The van der Waals surface area contributed by atoms with Crippen LogP contribution in [0.2, 0.25) is 0 Å². The van der Waals surface area contributed by atoms with Gasteiger partial charge in [0.05, 0.1) is 0 Å². The smallest absolute Gasteiger partial charge is 0.119 e. The fourth-order valence-corrected chi connectivity index (χ4v) is 1.54. The van der Waals surface area contributed by atoms with E-state index in [0.717, 1.165) is 45.8 Å². The first kappa shape index (κ1) is 18.7. The summed E-state index contributed by atoms with van der Waals surface area (Å²) >= 11 is 0. The number of nitrogens with one attached hydrogen (secondary N) is 4. The molecule has 0 aliphatic heterocycles. The van der Waals surface area contributed by atoms with Crippen molar-refractivity contribution < 1.29 is 0 Å². The summed E-state index contributed by atoms with van der Waals surface area (Å²) in [6.07, 6.45) is 0.560. The van der Waals surface area contributed by atoms with Crippen LogP contribution in [0.3, 0.4) is 0 Å². The van der Waals surface area contributed by atoms with Crippen LogP contribution in [0.4, 0.5) is 0 Å². The van der Waals surface area contributed by atoms with E-state index in [9.17, 15) is 0 Å². The van der Waals surface area contributed by atoms with Crippen LogP contribution in [0, 0.1) is 0 Å². The molecule has 0 aliphatic carbocycles. The monoisotopic (exact) mass is 276 g/mol. The lowest BCUT2D eigenvalue weighted by atomic mass is 10.2. The first-order valence-corrected chi connectivity index (χ1v) is 6.97. The van der Waals surface area contributed by atoms with Crippen molar-refractivity contribution in [2.75, 3.05) is 58.9 Å². The molecule has 0 atom stereocenters. The second kappa shape index (κ2) is 12.7. The van der Waals surface area contributed by atoms with E-state index >= 15 is 0 Å². The van der Waals surface area contributed by atoms with Crippen molar-refractivity contribution in [3.05, 3.63) is 0 Å². The summed E-state index contributed by atoms with van der Waals surface area (Å²) in [5.74, 6) is -0.858. The van der Waals surface area contributed by atoms with Crippen LogP contribution in [0.1, 0.15) is 6.42 Å². The summed E-state index contributed by atoms with van der Waals surface area (Å²) in [6, 6.07) is 0. The predicted octanol–water partition coefficient (Wildman–Crippen LogP) is -3.78. The van der Waals surface area contributed by atoms with Gasteiger partial charge in [-0.3, -0.25) is 5.32 Å². The third-order valence-electron chi connectivity index (χ3n) is 2.59. The third-order valence-corrected chi connectivity index (χ3v) is 2.59. The minimum Gasteiger partial charge on any atom is -0.330 e. The molecule has 0 spiro atoms. The minimum atomic E-state index is -0.858. The topological polar surface area (TPSA) is 152 Å². The van der Waals surface area contributed by atoms with Crippen molar-refractivity contribution in [2.24, 2.45) is 22.9 Å². The molecule has 12 N–H and O–H groups in total. The van der Waals surface area contributed by atoms with Gasteiger partial charge in [0.1, 0.15) is 5.79 Å². The Morgan fingerprint density at radius 3 is 1.58 bits per heavy atom. The average molecular weight is 276 g/mol. The van der Waals surface area contributed by atoms with Crippen LogP contribution in [0.5, 0.6) is 0 Å². The van der Waals surface area contributed by atoms with Crippen LogP contribution >= 0.6 is 0 Å². The first-order valence-electron chi connectivity index (χ1n) is 6.97. The van der Waals surface area contributed by atoms with Crippen molar-refractivity contribution >= 4 is 0 Å². The fourth-order valence-electron chi connectivity index (χ4n) is 1.54. The molecule has 0 bridgehead atoms. The fraction of sp³-hybridized carbons (Fsp3) is 1.00. The molecular weight excluding hydrogens is 244 g/mol. The van der Waals surface area contributed by atoms with Crippen molar-refractivity contribution in [2.45, 2.75) is 12.2 Å². The van der Waals surface area contributed by atoms with Gasteiger partial charge in [0.15, 0.2) is 0 Å². The van der Waals surface area contributed by atoms with Crippen LogP contribution in [-0.2, 0) is 0 Å². The Bertz CT molecular complexity index is 188. The van der Waals surface area contributed by atoms with Gasteiger partial charge in [-0.05, 0) is 6.54 Å². The highest BCUT2D eigenvalue weighted by Crippen LogP contribution is 1.88. The highest BCUT2D eigenvalue weighted by Gasteiger charge is 2.15. The van der Waals surface area contributed by atoms with Crippen LogP contribution in [0.15, 0.2) is 0 Å². The van der Waals surface area contributed by atoms with Crippen molar-refractivity contribution in [1.29, 1.82) is 0 Å². The molecule has 0 aliphatic rings. The van der Waals surface area contributed by atoms with Crippen molar-refractivity contribution in [3.63, 3.8) is 0 Å². The van der Waals surface area contributed by atoms with E-state index in [0.29, 0.717) is 19.5 Å². The van der Waals surface area contributed by atoms with E-state index in [1.807, 2.05) is 0 Å². The average Bonchev–Trinajstić information content (AvgIpc) is 2.36. The summed E-state index contributed by atoms with van der Waals surface area (Å²) in [5, 5.41) is 12.9. The normalized spacial score (nSPS) is 12.0. The Kier molecular flexibility index (Phi) is 12.5. The summed E-state index contributed by atoms with van der Waals surface area (Å²) in [5.41, 5.74) is 22.3. The van der Waals surface area contributed by atoms with Crippen LogP contribution in [0.25, 0.3) is 0 Å². The Labute approximate surface area is 116 Å². The molecule has 116 valence electrons. The lowest BCUT2D eigenvalue weighted by Crippen LogP contribution is -2.63. The van der Waals surface area contributed by atoms with Crippen molar-refractivity contribution in [3.8, 4) is 0 Å². The minimum absolute atomic E-state index is 0.482. The SMILES string of the molecule is NCCNCCNCCNCCNC(N)(N)CCN. The molecule has 0 saturated heterocycles. The van der Waals surface area contributed by atoms with E-state index in [1.54, 1.807) is 0 Å². The van der Waals surface area contributed by atoms with Crippen molar-refractivity contribution in [1.82, 2.24) is 21.3 Å². The summed E-state index contributed by atoms with van der Waals surface area (Å²) in [4.78, 5) is 0. The molecular formula is C11H32N8. The predicted molar refractivity (Wildman–Crippen MR) is 80.4 cm³/mol. The molecule has 0 aromatic heterocycles. The van der Waals surface area contributed by atoms with Gasteiger partial charge in [-0.1, -0.05) is 0 Å². The molecule has 0 amide bonds. The number of rotatable bonds is 14. The van der Waals surface area contributed by atoms with Gasteiger partial charge < -0.3 is 38.9 Å². The Hall–Kier alpha value is -0.320. The molecule has 8 nitrogen and oxygen atoms in total. The molecule has 19 heavy (non-hydrogen) atoms. The van der Waals surface area contributed by atoms with Crippen LogP contribution in [-0.4, -0.2) is 64.7 Å². The Balaban J connectivity index is 3.14. The Morgan fingerprint density at radius 1 is 0.632 bits per heavy atom. The maximum Gasteiger partial charge on any atom is 0.119 e. The quantitative estimate of drug-likeness (QED) is 0.119. The summed E-state index contributed by atoms with van der Waals surface area (Å²) in [7, 11) is 0. The molecule has 0 unspecified atom stereocenters. The number of hydrogen-bond donors (Lipinski definition) is 8. The van der Waals surface area contributed by atoms with Gasteiger partial charge in [-0.2, -0.15) is 0 Å². The Morgan fingerprint density at radius 2 is 1.11 bits per heavy atom. The van der Waals surface area contributed by atoms with Gasteiger partial charge in [-0.15, -0.1) is 0 Å². The van der Waals surface area contributed by atoms with Crippen LogP contribution < -0.4 is 44.2 Å². The maximum atomic E-state index is 5.78. The largest absolute Gasteiger partial charge is 0.330 e. The molecule has 0 heterocycles. The molecule has 0 fully saturated rings. The van der Waals surface area contributed by atoms with E-state index in [2.05, 4.69) is 21.3 Å². The van der Waals surface area contributed by atoms with Gasteiger partial charge in [-0.25, -0.2) is 0 Å². The second-order valence-electron chi connectivity index (χ2n) is 4.54. The molecule has 8 heteroatoms. The van der Waals surface area contributed by atoms with E-state index in [4.69, 9.17) is 22.9 Å². The first-order chi connectivity index (χ1) is 9.12. The lowest BCUT2D eigenvalue weighted by molar-refractivity contribution is 0.327. The van der Waals surface area contributed by atoms with E-state index in [1.165, 1.54) is 0 Å². The maximum absolute atomic E-state index is 5.78. The van der Waals surface area contributed by atoms with Gasteiger partial charge in [0.25, 0.3) is 0 Å². The van der Waals surface area contributed by atoms with Gasteiger partial charge in [0.2, 0.25) is 0 Å². The highest BCUT2D eigenvalue weighted by atomic mass is 15.2. The number of nitrogens with two attached hydrogens (primary N) is 4. The highest BCUT2D eigenvalue weighted by molar-refractivity contribution is 4.74. The molecule has 0 rings (SSSR count). The zero-order valence-corrected chi connectivity index (χ0v) is 11.9. The summed E-state index contributed by atoms with van der Waals surface area (Å²) in [6.45, 7) is 7.33. The molecule has 0 aromatic carbocycles. The summed E-state index contributed by atoms with van der Waals surface area (Å²) < 4.78 is 0. The lowest BCUT2D eigenvalue weighted by Gasteiger charge is -2.25. The second-order valence-corrected chi connectivity index (χ2v) is 4.54. The number of hydrogen-bond acceptors (Lipinski definition) is 8. The zero-order chi connectivity index (χ0) is 14.4. The molecule has 0 saturated carbocycles. The van der Waals surface area contributed by atoms with E-state index < -0.39 is 5.79 Å².